The molecule has 328 valence electrons. The van der Waals surface area contributed by atoms with Gasteiger partial charge in [-0.1, -0.05) is 158 Å². The molecule has 0 bridgehead atoms. The smallest absolute Gasteiger partial charge is 0.159 e. The van der Waals surface area contributed by atoms with Crippen molar-refractivity contribution in [1.82, 2.24) is 14.5 Å². The first-order valence-corrected chi connectivity index (χ1v) is 23.6. The van der Waals surface area contributed by atoms with Crippen LogP contribution in [0.25, 0.3) is 92.9 Å². The highest BCUT2D eigenvalue weighted by molar-refractivity contribution is 6.19. The molecule has 0 saturated heterocycles. The molecule has 0 unspecified atom stereocenters. The van der Waals surface area contributed by atoms with Crippen molar-refractivity contribution in [1.29, 1.82) is 0 Å². The molecule has 0 amide bonds. The largest absolute Gasteiger partial charge is 0.454 e. The van der Waals surface area contributed by atoms with E-state index in [2.05, 4.69) is 227 Å². The van der Waals surface area contributed by atoms with Crippen molar-refractivity contribution in [3.05, 3.63) is 249 Å². The quantitative estimate of drug-likeness (QED) is 0.152. The summed E-state index contributed by atoms with van der Waals surface area (Å²) in [6, 6.07) is 84.1. The van der Waals surface area contributed by atoms with Gasteiger partial charge in [0.1, 0.15) is 17.2 Å². The Labute approximate surface area is 403 Å². The molecule has 0 fully saturated rings. The zero-order valence-electron chi connectivity index (χ0n) is 37.8. The minimum Gasteiger partial charge on any atom is -0.454 e. The molecule has 0 N–H and O–H groups in total. The first-order valence-electron chi connectivity index (χ1n) is 23.6. The molecule has 70 heavy (non-hydrogen) atoms. The van der Waals surface area contributed by atoms with Crippen LogP contribution in [0.2, 0.25) is 0 Å². The van der Waals surface area contributed by atoms with E-state index in [0.29, 0.717) is 0 Å². The van der Waals surface area contributed by atoms with Gasteiger partial charge in [-0.3, -0.25) is 9.80 Å². The van der Waals surface area contributed by atoms with Gasteiger partial charge < -0.3 is 8.98 Å². The SMILES string of the molecule is c1ccc(N(c2cc(N(c3ccc4ccccc4c3)c3ccccn3)c3oc4cccc(-c5ccc6c7ccccc7n(-c7cccc8ccccc78)c6c5)c4c3c2)c2cccc3ccccc23)nc1. The molecule has 10 aromatic carbocycles. The molecule has 0 atom stereocenters. The first kappa shape index (κ1) is 39.6. The van der Waals surface area contributed by atoms with E-state index in [-0.39, 0.29) is 0 Å². The number of furan rings is 1. The molecule has 0 saturated carbocycles. The van der Waals surface area contributed by atoms with Crippen LogP contribution in [0.5, 0.6) is 0 Å². The summed E-state index contributed by atoms with van der Waals surface area (Å²) in [5.74, 6) is 1.55. The molecule has 4 aromatic heterocycles. The number of hydrogen-bond donors (Lipinski definition) is 0. The molecule has 0 aliphatic heterocycles. The predicted molar refractivity (Wildman–Crippen MR) is 291 cm³/mol. The molecule has 6 nitrogen and oxygen atoms in total. The van der Waals surface area contributed by atoms with E-state index in [1.165, 1.54) is 27.1 Å². The van der Waals surface area contributed by atoms with E-state index >= 15 is 0 Å². The molecule has 14 rings (SSSR count). The number of pyridine rings is 2. The maximum absolute atomic E-state index is 7.24. The van der Waals surface area contributed by atoms with Crippen LogP contribution < -0.4 is 9.80 Å². The number of rotatable bonds is 8. The third-order valence-electron chi connectivity index (χ3n) is 13.8. The van der Waals surface area contributed by atoms with E-state index in [0.717, 1.165) is 100 Å². The summed E-state index contributed by atoms with van der Waals surface area (Å²) in [7, 11) is 0. The Morgan fingerprint density at radius 2 is 1.00 bits per heavy atom. The number of benzene rings is 10. The fourth-order valence-corrected chi connectivity index (χ4v) is 10.7. The van der Waals surface area contributed by atoms with Crippen LogP contribution in [0.15, 0.2) is 253 Å². The number of anilines is 6. The topological polar surface area (TPSA) is 50.3 Å². The van der Waals surface area contributed by atoms with Gasteiger partial charge in [-0.15, -0.1) is 0 Å². The van der Waals surface area contributed by atoms with Crippen molar-refractivity contribution in [2.24, 2.45) is 0 Å². The molecule has 4 heterocycles. The third kappa shape index (κ3) is 6.35. The number of fused-ring (bicyclic) bond motifs is 9. The lowest BCUT2D eigenvalue weighted by Crippen LogP contribution is -2.15. The summed E-state index contributed by atoms with van der Waals surface area (Å²) in [4.78, 5) is 14.6. The summed E-state index contributed by atoms with van der Waals surface area (Å²) < 4.78 is 9.68. The minimum absolute atomic E-state index is 0.745. The Hall–Kier alpha value is -9.52. The summed E-state index contributed by atoms with van der Waals surface area (Å²) in [5, 5.41) is 11.3. The van der Waals surface area contributed by atoms with Gasteiger partial charge in [-0.05, 0) is 112 Å². The highest BCUT2D eigenvalue weighted by Crippen LogP contribution is 2.49. The van der Waals surface area contributed by atoms with E-state index in [1.807, 2.05) is 36.7 Å². The van der Waals surface area contributed by atoms with Crippen molar-refractivity contribution in [3.8, 4) is 16.8 Å². The molecular formula is C64H41N5O. The fourth-order valence-electron chi connectivity index (χ4n) is 10.7. The van der Waals surface area contributed by atoms with Gasteiger partial charge in [0, 0.05) is 50.4 Å². The van der Waals surface area contributed by atoms with Gasteiger partial charge in [0.25, 0.3) is 0 Å². The average molecular weight is 896 g/mol. The number of hydrogen-bond acceptors (Lipinski definition) is 5. The summed E-state index contributed by atoms with van der Waals surface area (Å²) in [6.45, 7) is 0. The Bertz CT molecular complexity index is 4320. The van der Waals surface area contributed by atoms with Gasteiger partial charge in [-0.25, -0.2) is 9.97 Å². The Morgan fingerprint density at radius 1 is 0.371 bits per heavy atom. The molecule has 14 aromatic rings. The lowest BCUT2D eigenvalue weighted by atomic mass is 9.97. The van der Waals surface area contributed by atoms with Gasteiger partial charge >= 0.3 is 0 Å². The second kappa shape index (κ2) is 16.1. The zero-order valence-corrected chi connectivity index (χ0v) is 37.8. The average Bonchev–Trinajstić information content (AvgIpc) is 3.97. The van der Waals surface area contributed by atoms with Gasteiger partial charge in [-0.2, -0.15) is 0 Å². The van der Waals surface area contributed by atoms with Crippen molar-refractivity contribution in [3.63, 3.8) is 0 Å². The van der Waals surface area contributed by atoms with Crippen molar-refractivity contribution < 1.29 is 4.42 Å². The lowest BCUT2D eigenvalue weighted by Gasteiger charge is -2.29. The van der Waals surface area contributed by atoms with Crippen molar-refractivity contribution >= 4 is 110 Å². The van der Waals surface area contributed by atoms with Crippen molar-refractivity contribution in [2.45, 2.75) is 0 Å². The molecule has 0 aliphatic carbocycles. The van der Waals surface area contributed by atoms with E-state index in [1.54, 1.807) is 0 Å². The summed E-state index contributed by atoms with van der Waals surface area (Å²) in [5.41, 5.74) is 10.9. The third-order valence-corrected chi connectivity index (χ3v) is 13.8. The second-order valence-electron chi connectivity index (χ2n) is 17.8. The Balaban J connectivity index is 1.08. The normalized spacial score (nSPS) is 11.7. The van der Waals surface area contributed by atoms with Crippen LogP contribution in [0.3, 0.4) is 0 Å². The van der Waals surface area contributed by atoms with Crippen LogP contribution in [-0.4, -0.2) is 14.5 Å². The zero-order chi connectivity index (χ0) is 46.1. The second-order valence-corrected chi connectivity index (χ2v) is 17.8. The van der Waals surface area contributed by atoms with Gasteiger partial charge in [0.05, 0.1) is 33.8 Å². The Morgan fingerprint density at radius 3 is 1.79 bits per heavy atom. The van der Waals surface area contributed by atoms with Crippen LogP contribution in [0.1, 0.15) is 0 Å². The molecule has 6 heteroatoms. The maximum Gasteiger partial charge on any atom is 0.159 e. The Kier molecular flexibility index (Phi) is 9.10. The minimum atomic E-state index is 0.745. The van der Waals surface area contributed by atoms with Crippen LogP contribution >= 0.6 is 0 Å². The van der Waals surface area contributed by atoms with Gasteiger partial charge in [0.15, 0.2) is 5.58 Å². The van der Waals surface area contributed by atoms with Gasteiger partial charge in [0.2, 0.25) is 0 Å². The summed E-state index contributed by atoms with van der Waals surface area (Å²) >= 11 is 0. The lowest BCUT2D eigenvalue weighted by molar-refractivity contribution is 0.669. The molecule has 0 spiro atoms. The first-order chi connectivity index (χ1) is 34.7. The summed E-state index contributed by atoms with van der Waals surface area (Å²) in [6.07, 6.45) is 3.71. The standard InChI is InChI=1S/C64H41N5O/c1-2-19-45-38-47(34-32-42(45)16-1)67(61-30-9-11-36-65-61)59-41-48(68(62-31-10-12-37-66-62)55-27-13-20-43-17-3-5-22-49(43)55)40-54-63-51(25-15-29-60(63)70-64(54)59)46-33-35-53-52-24-7-8-26-57(52)69(58(53)39-46)56-28-14-21-44-18-4-6-23-50(44)56/h1-41H. The van der Waals surface area contributed by atoms with E-state index in [9.17, 15) is 0 Å². The van der Waals surface area contributed by atoms with Crippen LogP contribution in [0, 0.1) is 0 Å². The monoisotopic (exact) mass is 895 g/mol. The number of aromatic nitrogens is 3. The van der Waals surface area contributed by atoms with Crippen molar-refractivity contribution in [2.75, 3.05) is 9.80 Å². The molecule has 0 radical (unpaired) electrons. The fraction of sp³-hybridized carbons (Fsp3) is 0. The highest BCUT2D eigenvalue weighted by Gasteiger charge is 2.27. The maximum atomic E-state index is 7.24. The molecular weight excluding hydrogens is 855 g/mol. The predicted octanol–water partition coefficient (Wildman–Crippen LogP) is 17.5. The van der Waals surface area contributed by atoms with E-state index in [4.69, 9.17) is 14.4 Å². The molecule has 0 aliphatic rings. The number of nitrogens with zero attached hydrogens (tertiary/aromatic N) is 5. The van der Waals surface area contributed by atoms with Crippen LogP contribution in [-0.2, 0) is 0 Å². The van der Waals surface area contributed by atoms with E-state index < -0.39 is 0 Å². The van der Waals surface area contributed by atoms with Crippen LogP contribution in [0.4, 0.5) is 34.4 Å². The highest BCUT2D eigenvalue weighted by atomic mass is 16.3. The number of para-hydroxylation sites is 1.